The van der Waals surface area contributed by atoms with E-state index in [9.17, 15) is 5.11 Å². The van der Waals surface area contributed by atoms with Gasteiger partial charge in [-0.15, -0.1) is 11.3 Å². The van der Waals surface area contributed by atoms with Crippen LogP contribution in [0.15, 0.2) is 10.8 Å². The molecular weight excluding hydrogens is 162 g/mol. The van der Waals surface area contributed by atoms with Crippen molar-refractivity contribution in [2.24, 2.45) is 0 Å². The van der Waals surface area contributed by atoms with Crippen LogP contribution in [0.2, 0.25) is 0 Å². The van der Waals surface area contributed by atoms with Gasteiger partial charge in [-0.1, -0.05) is 0 Å². The normalized spacial score (nSPS) is 10.5. The number of nitrogen functional groups attached to an aromatic ring is 1. The first-order valence-corrected chi connectivity index (χ1v) is 3.90. The molecule has 4 nitrogen and oxygen atoms in total. The average molecular weight is 167 g/mol. The summed E-state index contributed by atoms with van der Waals surface area (Å²) in [6.07, 6.45) is 0. The van der Waals surface area contributed by atoms with E-state index >= 15 is 0 Å². The standard InChI is InChI=1S/C6H5N3OS/c7-6-8-4-2-11-1-3(4)5(10)9-6/h1-2H,(H3,7,8,9,10). The maximum Gasteiger partial charge on any atom is 0.224 e. The van der Waals surface area contributed by atoms with Gasteiger partial charge in [-0.3, -0.25) is 0 Å². The van der Waals surface area contributed by atoms with Crippen molar-refractivity contribution in [1.82, 2.24) is 9.97 Å². The Balaban J connectivity index is 2.91. The van der Waals surface area contributed by atoms with Gasteiger partial charge >= 0.3 is 0 Å². The van der Waals surface area contributed by atoms with Crippen molar-refractivity contribution < 1.29 is 5.11 Å². The number of fused-ring (bicyclic) bond motifs is 1. The van der Waals surface area contributed by atoms with E-state index in [0.717, 1.165) is 0 Å². The lowest BCUT2D eigenvalue weighted by atomic mass is 10.4. The summed E-state index contributed by atoms with van der Waals surface area (Å²) in [5, 5.41) is 13.5. The van der Waals surface area contributed by atoms with Gasteiger partial charge < -0.3 is 10.8 Å². The van der Waals surface area contributed by atoms with Crippen LogP contribution < -0.4 is 5.73 Å². The highest BCUT2D eigenvalue weighted by Gasteiger charge is 2.03. The van der Waals surface area contributed by atoms with Gasteiger partial charge in [-0.05, 0) is 0 Å². The molecule has 0 unspecified atom stereocenters. The molecule has 0 bridgehead atoms. The zero-order valence-electron chi connectivity index (χ0n) is 5.48. The Morgan fingerprint density at radius 2 is 2.18 bits per heavy atom. The van der Waals surface area contributed by atoms with Crippen LogP contribution in [0.1, 0.15) is 0 Å². The van der Waals surface area contributed by atoms with E-state index in [1.54, 1.807) is 5.38 Å². The highest BCUT2D eigenvalue weighted by atomic mass is 32.1. The molecule has 0 fully saturated rings. The minimum atomic E-state index is -0.0475. The number of rotatable bonds is 0. The molecule has 3 N–H and O–H groups in total. The van der Waals surface area contributed by atoms with Crippen molar-refractivity contribution in [2.75, 3.05) is 5.73 Å². The van der Waals surface area contributed by atoms with Gasteiger partial charge in [-0.25, -0.2) is 4.98 Å². The first-order chi connectivity index (χ1) is 5.27. The van der Waals surface area contributed by atoms with Crippen molar-refractivity contribution in [2.45, 2.75) is 0 Å². The van der Waals surface area contributed by atoms with Crippen LogP contribution in [0, 0.1) is 0 Å². The SMILES string of the molecule is Nc1nc(O)c2cscc2n1. The highest BCUT2D eigenvalue weighted by molar-refractivity contribution is 7.09. The molecule has 56 valence electrons. The lowest BCUT2D eigenvalue weighted by Crippen LogP contribution is -1.93. The second-order valence-corrected chi connectivity index (χ2v) is 2.82. The van der Waals surface area contributed by atoms with Crippen LogP contribution in [0.25, 0.3) is 10.9 Å². The van der Waals surface area contributed by atoms with E-state index in [4.69, 9.17) is 5.73 Å². The maximum absolute atomic E-state index is 9.22. The Morgan fingerprint density at radius 1 is 1.36 bits per heavy atom. The average Bonchev–Trinajstić information content (AvgIpc) is 2.34. The molecule has 0 saturated heterocycles. The molecule has 0 aliphatic heterocycles. The zero-order chi connectivity index (χ0) is 7.84. The van der Waals surface area contributed by atoms with Gasteiger partial charge in [0.1, 0.15) is 0 Å². The van der Waals surface area contributed by atoms with Gasteiger partial charge in [0.2, 0.25) is 11.8 Å². The Morgan fingerprint density at radius 3 is 3.00 bits per heavy atom. The monoisotopic (exact) mass is 167 g/mol. The molecule has 11 heavy (non-hydrogen) atoms. The Bertz CT molecular complexity index is 398. The largest absolute Gasteiger partial charge is 0.493 e. The number of nitrogens with two attached hydrogens (primary N) is 1. The molecule has 0 aromatic carbocycles. The molecule has 0 saturated carbocycles. The van der Waals surface area contributed by atoms with Gasteiger partial charge in [0.25, 0.3) is 0 Å². The number of aromatic nitrogens is 2. The topological polar surface area (TPSA) is 72.0 Å². The van der Waals surface area contributed by atoms with Crippen LogP contribution in [-0.4, -0.2) is 15.1 Å². The minimum Gasteiger partial charge on any atom is -0.493 e. The summed E-state index contributed by atoms with van der Waals surface area (Å²) in [4.78, 5) is 7.52. The molecule has 0 radical (unpaired) electrons. The number of nitrogens with zero attached hydrogens (tertiary/aromatic N) is 2. The van der Waals surface area contributed by atoms with Crippen LogP contribution in [0.5, 0.6) is 5.88 Å². The lowest BCUT2D eigenvalue weighted by Gasteiger charge is -1.94. The maximum atomic E-state index is 9.22. The first-order valence-electron chi connectivity index (χ1n) is 2.96. The number of anilines is 1. The summed E-state index contributed by atoms with van der Waals surface area (Å²) in [5.74, 6) is 0.0575. The molecule has 5 heteroatoms. The van der Waals surface area contributed by atoms with Gasteiger partial charge in [-0.2, -0.15) is 4.98 Å². The molecule has 2 aromatic heterocycles. The van der Waals surface area contributed by atoms with Crippen LogP contribution in [0.4, 0.5) is 5.95 Å². The van der Waals surface area contributed by atoms with Crippen LogP contribution in [0.3, 0.4) is 0 Å². The van der Waals surface area contributed by atoms with E-state index in [0.29, 0.717) is 10.9 Å². The van der Waals surface area contributed by atoms with Crippen molar-refractivity contribution in [3.8, 4) is 5.88 Å². The van der Waals surface area contributed by atoms with E-state index < -0.39 is 0 Å². The van der Waals surface area contributed by atoms with E-state index in [1.165, 1.54) is 11.3 Å². The van der Waals surface area contributed by atoms with Crippen molar-refractivity contribution >= 4 is 28.2 Å². The Kier molecular flexibility index (Phi) is 1.19. The fraction of sp³-hybridized carbons (Fsp3) is 0. The zero-order valence-corrected chi connectivity index (χ0v) is 6.30. The summed E-state index contributed by atoms with van der Waals surface area (Å²) in [6.45, 7) is 0. The molecule has 0 amide bonds. The predicted molar refractivity (Wildman–Crippen MR) is 43.5 cm³/mol. The lowest BCUT2D eigenvalue weighted by molar-refractivity contribution is 0.460. The molecular formula is C6H5N3OS. The second kappa shape index (κ2) is 2.06. The summed E-state index contributed by atoms with van der Waals surface area (Å²) in [7, 11) is 0. The molecule has 2 heterocycles. The van der Waals surface area contributed by atoms with Crippen LogP contribution in [-0.2, 0) is 0 Å². The van der Waals surface area contributed by atoms with E-state index in [-0.39, 0.29) is 11.8 Å². The molecule has 0 atom stereocenters. The van der Waals surface area contributed by atoms with Crippen molar-refractivity contribution in [1.29, 1.82) is 0 Å². The summed E-state index contributed by atoms with van der Waals surface area (Å²) >= 11 is 1.46. The number of hydrogen-bond acceptors (Lipinski definition) is 5. The van der Waals surface area contributed by atoms with E-state index in [1.807, 2.05) is 5.38 Å². The smallest absolute Gasteiger partial charge is 0.224 e. The molecule has 0 aliphatic carbocycles. The Hall–Kier alpha value is -1.36. The number of hydrogen-bond donors (Lipinski definition) is 2. The number of aromatic hydroxyl groups is 1. The third kappa shape index (κ3) is 0.894. The van der Waals surface area contributed by atoms with Crippen LogP contribution >= 0.6 is 11.3 Å². The number of thiophene rings is 1. The quantitative estimate of drug-likeness (QED) is 0.613. The van der Waals surface area contributed by atoms with E-state index in [2.05, 4.69) is 9.97 Å². The van der Waals surface area contributed by atoms with Crippen molar-refractivity contribution in [3.63, 3.8) is 0 Å². The highest BCUT2D eigenvalue weighted by Crippen LogP contribution is 2.24. The molecule has 0 aliphatic rings. The van der Waals surface area contributed by atoms with Gasteiger partial charge in [0, 0.05) is 10.8 Å². The summed E-state index contributed by atoms with van der Waals surface area (Å²) < 4.78 is 0. The fourth-order valence-electron chi connectivity index (χ4n) is 0.861. The summed E-state index contributed by atoms with van der Waals surface area (Å²) in [6, 6.07) is 0. The third-order valence-corrected chi connectivity index (χ3v) is 2.07. The Labute approximate surface area is 66.3 Å². The summed E-state index contributed by atoms with van der Waals surface area (Å²) in [5.41, 5.74) is 6.00. The first kappa shape index (κ1) is 6.36. The fourth-order valence-corrected chi connectivity index (χ4v) is 1.60. The molecule has 2 rings (SSSR count). The third-order valence-electron chi connectivity index (χ3n) is 1.34. The van der Waals surface area contributed by atoms with Gasteiger partial charge in [0.05, 0.1) is 10.9 Å². The minimum absolute atomic E-state index is 0.0475. The molecule has 0 spiro atoms. The van der Waals surface area contributed by atoms with Crippen molar-refractivity contribution in [3.05, 3.63) is 10.8 Å². The second-order valence-electron chi connectivity index (χ2n) is 2.08. The van der Waals surface area contributed by atoms with Gasteiger partial charge in [0.15, 0.2) is 0 Å². The molecule has 2 aromatic rings. The predicted octanol–water partition coefficient (Wildman–Crippen LogP) is 0.979.